The highest BCUT2D eigenvalue weighted by molar-refractivity contribution is 5.39. The molecule has 2 rings (SSSR count). The second kappa shape index (κ2) is 6.72. The van der Waals surface area contributed by atoms with Gasteiger partial charge in [-0.25, -0.2) is 0 Å². The smallest absolute Gasteiger partial charge is 0.322 e. The minimum absolute atomic E-state index is 0.376. The van der Waals surface area contributed by atoms with Crippen molar-refractivity contribution in [1.82, 2.24) is 15.0 Å². The van der Waals surface area contributed by atoms with Crippen LogP contribution in [0.2, 0.25) is 0 Å². The van der Waals surface area contributed by atoms with Gasteiger partial charge < -0.3 is 15.0 Å². The van der Waals surface area contributed by atoms with E-state index in [1.165, 1.54) is 6.42 Å². The summed E-state index contributed by atoms with van der Waals surface area (Å²) in [6.07, 6.45) is 2.23. The highest BCUT2D eigenvalue weighted by Crippen LogP contribution is 2.27. The molecule has 1 unspecified atom stereocenters. The van der Waals surface area contributed by atoms with Gasteiger partial charge in [-0.1, -0.05) is 20.8 Å². The van der Waals surface area contributed by atoms with Crippen molar-refractivity contribution >= 4 is 11.9 Å². The zero-order valence-corrected chi connectivity index (χ0v) is 12.9. The predicted molar refractivity (Wildman–Crippen MR) is 80.3 cm³/mol. The first-order valence-corrected chi connectivity index (χ1v) is 7.43. The molecule has 1 N–H and O–H groups in total. The summed E-state index contributed by atoms with van der Waals surface area (Å²) in [4.78, 5) is 15.3. The van der Waals surface area contributed by atoms with Crippen LogP contribution in [-0.4, -0.2) is 41.7 Å². The van der Waals surface area contributed by atoms with Crippen LogP contribution in [0.15, 0.2) is 0 Å². The number of nitrogens with one attached hydrogen (secondary N) is 1. The van der Waals surface area contributed by atoms with Crippen LogP contribution in [0.4, 0.5) is 11.9 Å². The Morgan fingerprint density at radius 3 is 2.75 bits per heavy atom. The van der Waals surface area contributed by atoms with E-state index >= 15 is 0 Å². The van der Waals surface area contributed by atoms with Crippen molar-refractivity contribution in [2.75, 3.05) is 37.0 Å². The van der Waals surface area contributed by atoms with E-state index in [4.69, 9.17) is 4.74 Å². The molecule has 1 aromatic rings. The van der Waals surface area contributed by atoms with Crippen molar-refractivity contribution in [3.8, 4) is 6.01 Å². The minimum atomic E-state index is 0.376. The summed E-state index contributed by atoms with van der Waals surface area (Å²) >= 11 is 0. The molecule has 0 aliphatic carbocycles. The number of aromatic nitrogens is 3. The molecule has 0 aromatic carbocycles. The zero-order chi connectivity index (χ0) is 14.5. The average Bonchev–Trinajstić information content (AvgIpc) is 2.94. The van der Waals surface area contributed by atoms with Gasteiger partial charge in [0, 0.05) is 19.6 Å². The molecule has 1 saturated heterocycles. The summed E-state index contributed by atoms with van der Waals surface area (Å²) in [5, 5.41) is 3.20. The second-order valence-corrected chi connectivity index (χ2v) is 5.61. The van der Waals surface area contributed by atoms with E-state index in [1.54, 1.807) is 7.11 Å². The van der Waals surface area contributed by atoms with Crippen LogP contribution in [0, 0.1) is 11.8 Å². The van der Waals surface area contributed by atoms with Crippen molar-refractivity contribution in [3.05, 3.63) is 0 Å². The molecule has 112 valence electrons. The van der Waals surface area contributed by atoms with Crippen LogP contribution in [0.3, 0.4) is 0 Å². The molecular formula is C14H25N5O. The van der Waals surface area contributed by atoms with Gasteiger partial charge in [0.05, 0.1) is 7.11 Å². The second-order valence-electron chi connectivity index (χ2n) is 5.61. The van der Waals surface area contributed by atoms with Gasteiger partial charge in [0.2, 0.25) is 11.9 Å². The summed E-state index contributed by atoms with van der Waals surface area (Å²) in [6, 6.07) is 0.376. The van der Waals surface area contributed by atoms with Gasteiger partial charge in [0.1, 0.15) is 0 Å². The number of rotatable bonds is 6. The molecule has 0 saturated carbocycles. The standard InChI is InChI=1S/C14H25N5O/c1-5-7-15-12-16-13(18-14(17-12)20-4)19-8-6-11(9-19)10(2)3/h10-11H,5-9H2,1-4H3,(H,15,16,17,18). The summed E-state index contributed by atoms with van der Waals surface area (Å²) in [5.41, 5.74) is 0. The number of nitrogens with zero attached hydrogens (tertiary/aromatic N) is 4. The molecule has 6 nitrogen and oxygen atoms in total. The Hall–Kier alpha value is -1.59. The van der Waals surface area contributed by atoms with Crippen molar-refractivity contribution in [3.63, 3.8) is 0 Å². The Morgan fingerprint density at radius 1 is 1.35 bits per heavy atom. The van der Waals surface area contributed by atoms with Gasteiger partial charge in [-0.05, 0) is 24.7 Å². The fraction of sp³-hybridized carbons (Fsp3) is 0.786. The maximum absolute atomic E-state index is 5.18. The number of hydrogen-bond acceptors (Lipinski definition) is 6. The third-order valence-electron chi connectivity index (χ3n) is 3.77. The Kier molecular flexibility index (Phi) is 4.98. The molecule has 20 heavy (non-hydrogen) atoms. The van der Waals surface area contributed by atoms with Gasteiger partial charge in [-0.3, -0.25) is 0 Å². The quantitative estimate of drug-likeness (QED) is 0.861. The summed E-state index contributed by atoms with van der Waals surface area (Å²) in [6.45, 7) is 9.52. The van der Waals surface area contributed by atoms with E-state index in [-0.39, 0.29) is 0 Å². The lowest BCUT2D eigenvalue weighted by Crippen LogP contribution is -2.24. The van der Waals surface area contributed by atoms with Crippen LogP contribution >= 0.6 is 0 Å². The molecule has 0 amide bonds. The summed E-state index contributed by atoms with van der Waals surface area (Å²) < 4.78 is 5.18. The average molecular weight is 279 g/mol. The van der Waals surface area contributed by atoms with Gasteiger partial charge in [0.25, 0.3) is 0 Å². The Bertz CT molecular complexity index is 438. The summed E-state index contributed by atoms with van der Waals surface area (Å²) in [5.74, 6) is 2.73. The van der Waals surface area contributed by atoms with E-state index in [0.29, 0.717) is 23.8 Å². The third-order valence-corrected chi connectivity index (χ3v) is 3.77. The molecule has 2 heterocycles. The lowest BCUT2D eigenvalue weighted by molar-refractivity contribution is 0.378. The molecule has 1 aliphatic heterocycles. The monoisotopic (exact) mass is 279 g/mol. The molecule has 1 atom stereocenters. The fourth-order valence-electron chi connectivity index (χ4n) is 2.41. The zero-order valence-electron chi connectivity index (χ0n) is 12.9. The van der Waals surface area contributed by atoms with Crippen LogP contribution in [-0.2, 0) is 0 Å². The van der Waals surface area contributed by atoms with Crippen LogP contribution in [0.1, 0.15) is 33.6 Å². The van der Waals surface area contributed by atoms with E-state index < -0.39 is 0 Å². The van der Waals surface area contributed by atoms with Crippen molar-refractivity contribution in [1.29, 1.82) is 0 Å². The number of methoxy groups -OCH3 is 1. The lowest BCUT2D eigenvalue weighted by atomic mass is 9.95. The number of hydrogen-bond donors (Lipinski definition) is 1. The van der Waals surface area contributed by atoms with Gasteiger partial charge in [-0.2, -0.15) is 15.0 Å². The normalized spacial score (nSPS) is 18.6. The first kappa shape index (κ1) is 14.8. The molecule has 1 aliphatic rings. The number of anilines is 2. The Balaban J connectivity index is 2.14. The van der Waals surface area contributed by atoms with Crippen molar-refractivity contribution in [2.45, 2.75) is 33.6 Å². The van der Waals surface area contributed by atoms with Crippen LogP contribution < -0.4 is 15.0 Å². The minimum Gasteiger partial charge on any atom is -0.467 e. The largest absolute Gasteiger partial charge is 0.467 e. The molecule has 0 bridgehead atoms. The highest BCUT2D eigenvalue weighted by atomic mass is 16.5. The van der Waals surface area contributed by atoms with Crippen LogP contribution in [0.25, 0.3) is 0 Å². The van der Waals surface area contributed by atoms with Gasteiger partial charge >= 0.3 is 6.01 Å². The third kappa shape index (κ3) is 3.49. The van der Waals surface area contributed by atoms with E-state index in [2.05, 4.69) is 45.9 Å². The maximum atomic E-state index is 5.18. The molecule has 0 spiro atoms. The van der Waals surface area contributed by atoms with Gasteiger partial charge in [-0.15, -0.1) is 0 Å². The van der Waals surface area contributed by atoms with Crippen LogP contribution in [0.5, 0.6) is 6.01 Å². The Morgan fingerprint density at radius 2 is 2.15 bits per heavy atom. The van der Waals surface area contributed by atoms with Crippen molar-refractivity contribution in [2.24, 2.45) is 11.8 Å². The summed E-state index contributed by atoms with van der Waals surface area (Å²) in [7, 11) is 1.59. The predicted octanol–water partition coefficient (Wildman–Crippen LogP) is 2.18. The van der Waals surface area contributed by atoms with Gasteiger partial charge in [0.15, 0.2) is 0 Å². The van der Waals surface area contributed by atoms with E-state index in [9.17, 15) is 0 Å². The topological polar surface area (TPSA) is 63.2 Å². The van der Waals surface area contributed by atoms with E-state index in [1.807, 2.05) is 0 Å². The first-order chi connectivity index (χ1) is 9.63. The molecule has 1 aromatic heterocycles. The SMILES string of the molecule is CCCNc1nc(OC)nc(N2CCC(C(C)C)C2)n1. The number of ether oxygens (including phenoxy) is 1. The molecular weight excluding hydrogens is 254 g/mol. The van der Waals surface area contributed by atoms with Crippen molar-refractivity contribution < 1.29 is 4.74 Å². The first-order valence-electron chi connectivity index (χ1n) is 7.43. The lowest BCUT2D eigenvalue weighted by Gasteiger charge is -2.18. The maximum Gasteiger partial charge on any atom is 0.322 e. The van der Waals surface area contributed by atoms with E-state index in [0.717, 1.165) is 32.0 Å². The highest BCUT2D eigenvalue weighted by Gasteiger charge is 2.27. The molecule has 1 fully saturated rings. The molecule has 0 radical (unpaired) electrons. The molecule has 6 heteroatoms. The Labute approximate surface area is 121 Å². The fourth-order valence-corrected chi connectivity index (χ4v) is 2.41.